The van der Waals surface area contributed by atoms with Crippen molar-refractivity contribution in [2.75, 3.05) is 0 Å². The zero-order chi connectivity index (χ0) is 15.0. The Hall–Kier alpha value is -2.38. The molecule has 0 fully saturated rings. The summed E-state index contributed by atoms with van der Waals surface area (Å²) >= 11 is 5.95. The molecule has 0 bridgehead atoms. The Balaban J connectivity index is 1.84. The monoisotopic (exact) mass is 300 g/mol. The minimum atomic E-state index is -0.438. The second kappa shape index (κ2) is 5.19. The first-order valence-electron chi connectivity index (χ1n) is 6.34. The van der Waals surface area contributed by atoms with Crippen LogP contribution in [0.15, 0.2) is 36.4 Å². The van der Waals surface area contributed by atoms with Gasteiger partial charge in [-0.25, -0.2) is 4.39 Å². The van der Waals surface area contributed by atoms with Crippen LogP contribution < -0.4 is 0 Å². The second-order valence-corrected chi connectivity index (χ2v) is 5.30. The van der Waals surface area contributed by atoms with Crippen molar-refractivity contribution >= 4 is 17.5 Å². The van der Waals surface area contributed by atoms with E-state index >= 15 is 0 Å². The molecule has 1 aliphatic heterocycles. The SMILES string of the molecule is N#Cc1ccc(CN2Cc3cc(F)cc(Cl)c3C2=O)cc1. The molecule has 104 valence electrons. The topological polar surface area (TPSA) is 44.1 Å². The maximum Gasteiger partial charge on any atom is 0.256 e. The van der Waals surface area contributed by atoms with Gasteiger partial charge in [0, 0.05) is 13.1 Å². The summed E-state index contributed by atoms with van der Waals surface area (Å²) in [7, 11) is 0. The molecule has 0 spiro atoms. The van der Waals surface area contributed by atoms with Crippen molar-refractivity contribution < 1.29 is 9.18 Å². The third-order valence-corrected chi connectivity index (χ3v) is 3.75. The Morgan fingerprint density at radius 1 is 1.29 bits per heavy atom. The van der Waals surface area contributed by atoms with Gasteiger partial charge >= 0.3 is 0 Å². The number of nitriles is 1. The van der Waals surface area contributed by atoms with Crippen molar-refractivity contribution in [3.8, 4) is 6.07 Å². The number of benzene rings is 2. The molecule has 3 nitrogen and oxygen atoms in total. The van der Waals surface area contributed by atoms with E-state index in [0.717, 1.165) is 11.6 Å². The number of nitrogens with zero attached hydrogens (tertiary/aromatic N) is 2. The molecule has 0 saturated heterocycles. The van der Waals surface area contributed by atoms with Crippen LogP contribution in [-0.4, -0.2) is 10.8 Å². The molecule has 21 heavy (non-hydrogen) atoms. The van der Waals surface area contributed by atoms with E-state index in [2.05, 4.69) is 0 Å². The molecule has 0 saturated carbocycles. The normalized spacial score (nSPS) is 13.2. The summed E-state index contributed by atoms with van der Waals surface area (Å²) in [6.45, 7) is 0.739. The smallest absolute Gasteiger partial charge is 0.256 e. The number of rotatable bonds is 2. The van der Waals surface area contributed by atoms with E-state index < -0.39 is 5.82 Å². The molecule has 0 unspecified atom stereocenters. The van der Waals surface area contributed by atoms with E-state index in [-0.39, 0.29) is 10.9 Å². The van der Waals surface area contributed by atoms with E-state index in [1.54, 1.807) is 29.2 Å². The van der Waals surface area contributed by atoms with Gasteiger partial charge in [-0.05, 0) is 35.4 Å². The highest BCUT2D eigenvalue weighted by atomic mass is 35.5. The van der Waals surface area contributed by atoms with Gasteiger partial charge in [0.2, 0.25) is 0 Å². The van der Waals surface area contributed by atoms with Crippen molar-refractivity contribution in [1.82, 2.24) is 4.90 Å². The number of amides is 1. The van der Waals surface area contributed by atoms with Gasteiger partial charge in [0.25, 0.3) is 5.91 Å². The predicted octanol–water partition coefficient (Wildman–Crippen LogP) is 3.51. The molecule has 1 heterocycles. The van der Waals surface area contributed by atoms with Crippen LogP contribution in [0.4, 0.5) is 4.39 Å². The Morgan fingerprint density at radius 3 is 2.67 bits per heavy atom. The minimum Gasteiger partial charge on any atom is -0.330 e. The molecule has 2 aromatic rings. The van der Waals surface area contributed by atoms with Crippen LogP contribution in [0.25, 0.3) is 0 Å². The van der Waals surface area contributed by atoms with Gasteiger partial charge in [0.05, 0.1) is 22.2 Å². The van der Waals surface area contributed by atoms with Crippen LogP contribution in [0.5, 0.6) is 0 Å². The molecule has 1 amide bonds. The molecule has 3 rings (SSSR count). The summed E-state index contributed by atoms with van der Waals surface area (Å²) in [5.74, 6) is -0.633. The minimum absolute atomic E-state index is 0.150. The summed E-state index contributed by atoms with van der Waals surface area (Å²) in [6.07, 6.45) is 0. The van der Waals surface area contributed by atoms with Crippen LogP contribution in [-0.2, 0) is 13.1 Å². The standard InChI is InChI=1S/C16H10ClFN2O/c17-14-6-13(18)5-12-9-20(16(21)15(12)14)8-11-3-1-10(7-19)2-4-11/h1-6H,8-9H2. The van der Waals surface area contributed by atoms with Gasteiger partial charge in [-0.15, -0.1) is 0 Å². The predicted molar refractivity (Wildman–Crippen MR) is 76.1 cm³/mol. The van der Waals surface area contributed by atoms with Crippen molar-refractivity contribution in [3.05, 3.63) is 69.5 Å². The largest absolute Gasteiger partial charge is 0.330 e. The average Bonchev–Trinajstić information content (AvgIpc) is 2.76. The number of carbonyl (C=O) groups is 1. The zero-order valence-electron chi connectivity index (χ0n) is 10.9. The molecule has 2 aromatic carbocycles. The van der Waals surface area contributed by atoms with E-state index in [0.29, 0.717) is 29.8 Å². The molecular formula is C16H10ClFN2O. The maximum atomic E-state index is 13.3. The van der Waals surface area contributed by atoms with E-state index in [1.165, 1.54) is 6.07 Å². The fourth-order valence-electron chi connectivity index (χ4n) is 2.46. The van der Waals surface area contributed by atoms with Gasteiger partial charge in [0.1, 0.15) is 5.82 Å². The van der Waals surface area contributed by atoms with Crippen LogP contribution >= 0.6 is 11.6 Å². The molecule has 0 N–H and O–H groups in total. The van der Waals surface area contributed by atoms with Crippen molar-refractivity contribution in [2.24, 2.45) is 0 Å². The lowest BCUT2D eigenvalue weighted by Crippen LogP contribution is -2.23. The van der Waals surface area contributed by atoms with E-state index in [1.807, 2.05) is 6.07 Å². The fraction of sp³-hybridized carbons (Fsp3) is 0.125. The van der Waals surface area contributed by atoms with Gasteiger partial charge in [0.15, 0.2) is 0 Å². The van der Waals surface area contributed by atoms with Gasteiger partial charge < -0.3 is 4.90 Å². The fourth-order valence-corrected chi connectivity index (χ4v) is 2.77. The third-order valence-electron chi connectivity index (χ3n) is 3.46. The highest BCUT2D eigenvalue weighted by Crippen LogP contribution is 2.31. The lowest BCUT2D eigenvalue weighted by molar-refractivity contribution is 0.0767. The number of hydrogen-bond acceptors (Lipinski definition) is 2. The molecule has 0 aromatic heterocycles. The highest BCUT2D eigenvalue weighted by molar-refractivity contribution is 6.34. The number of hydrogen-bond donors (Lipinski definition) is 0. The Bertz CT molecular complexity index is 765. The summed E-state index contributed by atoms with van der Waals surface area (Å²) in [5, 5.41) is 8.92. The summed E-state index contributed by atoms with van der Waals surface area (Å²) in [4.78, 5) is 13.9. The third kappa shape index (κ3) is 2.48. The Labute approximate surface area is 126 Å². The number of halogens is 2. The maximum absolute atomic E-state index is 13.3. The van der Waals surface area contributed by atoms with Gasteiger partial charge in [-0.2, -0.15) is 5.26 Å². The summed E-state index contributed by atoms with van der Waals surface area (Å²) < 4.78 is 13.3. The zero-order valence-corrected chi connectivity index (χ0v) is 11.7. The van der Waals surface area contributed by atoms with Crippen LogP contribution in [0.3, 0.4) is 0 Å². The van der Waals surface area contributed by atoms with Crippen LogP contribution in [0.2, 0.25) is 5.02 Å². The first kappa shape index (κ1) is 13.6. The van der Waals surface area contributed by atoms with Crippen LogP contribution in [0, 0.1) is 17.1 Å². The second-order valence-electron chi connectivity index (χ2n) is 4.89. The molecule has 0 atom stereocenters. The van der Waals surface area contributed by atoms with Gasteiger partial charge in [-0.3, -0.25) is 4.79 Å². The van der Waals surface area contributed by atoms with Gasteiger partial charge in [-0.1, -0.05) is 23.7 Å². The first-order valence-corrected chi connectivity index (χ1v) is 6.72. The molecular weight excluding hydrogens is 291 g/mol. The number of fused-ring (bicyclic) bond motifs is 1. The quantitative estimate of drug-likeness (QED) is 0.852. The lowest BCUT2D eigenvalue weighted by Gasteiger charge is -2.15. The lowest BCUT2D eigenvalue weighted by atomic mass is 10.1. The summed E-state index contributed by atoms with van der Waals surface area (Å²) in [5.41, 5.74) is 2.47. The van der Waals surface area contributed by atoms with Crippen molar-refractivity contribution in [1.29, 1.82) is 5.26 Å². The molecule has 0 aliphatic carbocycles. The van der Waals surface area contributed by atoms with Crippen molar-refractivity contribution in [3.63, 3.8) is 0 Å². The molecule has 0 radical (unpaired) electrons. The Morgan fingerprint density at radius 2 is 2.00 bits per heavy atom. The van der Waals surface area contributed by atoms with E-state index in [4.69, 9.17) is 16.9 Å². The molecule has 5 heteroatoms. The average molecular weight is 301 g/mol. The van der Waals surface area contributed by atoms with Crippen molar-refractivity contribution in [2.45, 2.75) is 13.1 Å². The first-order chi connectivity index (χ1) is 10.1. The summed E-state index contributed by atoms with van der Waals surface area (Å²) in [6, 6.07) is 11.6. The molecule has 1 aliphatic rings. The highest BCUT2D eigenvalue weighted by Gasteiger charge is 2.30. The van der Waals surface area contributed by atoms with Crippen LogP contribution in [0.1, 0.15) is 27.0 Å². The van der Waals surface area contributed by atoms with E-state index in [9.17, 15) is 9.18 Å². The number of carbonyl (C=O) groups excluding carboxylic acids is 1. The Kier molecular flexibility index (Phi) is 3.36.